The van der Waals surface area contributed by atoms with Crippen LogP contribution in [0.1, 0.15) is 77.1 Å². The van der Waals surface area contributed by atoms with Crippen LogP contribution in [0.5, 0.6) is 0 Å². The van der Waals surface area contributed by atoms with Crippen molar-refractivity contribution in [2.24, 2.45) is 0 Å². The van der Waals surface area contributed by atoms with Crippen molar-refractivity contribution in [1.29, 1.82) is 0 Å². The Hall–Kier alpha value is -2.37. The summed E-state index contributed by atoms with van der Waals surface area (Å²) in [5.74, 6) is 0.887. The third-order valence-electron chi connectivity index (χ3n) is 5.88. The maximum absolute atomic E-state index is 5.67. The first-order valence-corrected chi connectivity index (χ1v) is 12.7. The Bertz CT molecular complexity index is 1230. The van der Waals surface area contributed by atoms with Gasteiger partial charge in [0.1, 0.15) is 12.1 Å². The summed E-state index contributed by atoms with van der Waals surface area (Å²) in [6.45, 7) is 18.9. The van der Waals surface area contributed by atoms with E-state index in [1.165, 1.54) is 11.1 Å². The Kier molecular flexibility index (Phi) is 11.2. The van der Waals surface area contributed by atoms with Gasteiger partial charge in [-0.3, -0.25) is 4.98 Å². The Morgan fingerprint density at radius 2 is 1.49 bits per heavy atom. The number of rotatable bonds is 6. The maximum atomic E-state index is 5.67. The van der Waals surface area contributed by atoms with Crippen LogP contribution in [-0.2, 0) is 25.5 Å². The molecule has 4 aromatic rings. The van der Waals surface area contributed by atoms with Gasteiger partial charge in [0.25, 0.3) is 0 Å². The van der Waals surface area contributed by atoms with Gasteiger partial charge in [-0.15, -0.1) is 47.5 Å². The summed E-state index contributed by atoms with van der Waals surface area (Å²) in [6.07, 6.45) is 1.54. The summed E-state index contributed by atoms with van der Waals surface area (Å²) >= 11 is 0. The number of nitrogens with zero attached hydrogens (tertiary/aromatic N) is 4. The number of hydrogen-bond donors (Lipinski definition) is 0. The number of aryl methyl sites for hydroxylation is 2. The molecule has 0 unspecified atom stereocenters. The van der Waals surface area contributed by atoms with E-state index in [0.717, 1.165) is 28.0 Å². The van der Waals surface area contributed by atoms with Crippen LogP contribution in [0.2, 0.25) is 0 Å². The van der Waals surface area contributed by atoms with Crippen LogP contribution in [0.4, 0.5) is 0 Å². The van der Waals surface area contributed by atoms with Crippen molar-refractivity contribution in [3.63, 3.8) is 0 Å². The molecule has 0 spiro atoms. The molecule has 2 heterocycles. The number of hydrogen-bond acceptors (Lipinski definition) is 3. The summed E-state index contributed by atoms with van der Waals surface area (Å²) < 4.78 is 5.67. The van der Waals surface area contributed by atoms with Crippen molar-refractivity contribution >= 4 is 11.1 Å². The average molecular weight is 676 g/mol. The van der Waals surface area contributed by atoms with Crippen LogP contribution in [0.3, 0.4) is 0 Å². The molecular formula is C31H39IrN4O. The van der Waals surface area contributed by atoms with Crippen molar-refractivity contribution in [3.05, 3.63) is 94.0 Å². The fraction of sp³-hybridized carbons (Fsp3) is 0.419. The molecule has 37 heavy (non-hydrogen) atoms. The van der Waals surface area contributed by atoms with E-state index in [1.807, 2.05) is 38.1 Å². The first kappa shape index (κ1) is 30.9. The van der Waals surface area contributed by atoms with Crippen molar-refractivity contribution in [2.75, 3.05) is 0 Å². The minimum Gasteiger partial charge on any atom is -0.672 e. The minimum absolute atomic E-state index is 0. The van der Waals surface area contributed by atoms with E-state index < -0.39 is 0 Å². The van der Waals surface area contributed by atoms with E-state index >= 15 is 0 Å². The third kappa shape index (κ3) is 8.31. The second-order valence-corrected chi connectivity index (χ2v) is 10.7. The molecular weight excluding hydrogens is 637 g/mol. The quantitative estimate of drug-likeness (QED) is 0.192. The Labute approximate surface area is 236 Å². The predicted molar refractivity (Wildman–Crippen MR) is 150 cm³/mol. The summed E-state index contributed by atoms with van der Waals surface area (Å²) in [6, 6.07) is 20.5. The van der Waals surface area contributed by atoms with Gasteiger partial charge in [0.05, 0.1) is 0 Å². The van der Waals surface area contributed by atoms with Gasteiger partial charge in [-0.1, -0.05) is 84.4 Å². The standard InChI is InChI=1S/C18H19N2O.C13H20N2.Ir/c1-11-12(2)21-17-15(11)16(19-10-20-17)13-6-8-14(9-7-13)18(3,4)5;1-10(2)14-13(15-11(3)4)12-8-6-5-7-9-12;/h6,8-10H,1-5H3;5-11,13H,1-4H3;/q-1;-2;+3. The largest absolute Gasteiger partial charge is 3.00 e. The van der Waals surface area contributed by atoms with Gasteiger partial charge in [-0.05, 0) is 24.8 Å². The molecule has 0 saturated heterocycles. The second kappa shape index (κ2) is 13.4. The van der Waals surface area contributed by atoms with Crippen molar-refractivity contribution in [2.45, 2.75) is 86.0 Å². The SMILES string of the molecule is CC(C)[N-]C([N-]C(C)C)c1ccccc1.Cc1oc2ncnc(-c3[c-]cc(C(C)(C)C)cc3)c2c1C.[Ir+3]. The van der Waals surface area contributed by atoms with Crippen LogP contribution in [0, 0.1) is 19.9 Å². The molecule has 0 N–H and O–H groups in total. The zero-order chi connectivity index (χ0) is 26.5. The fourth-order valence-electron chi connectivity index (χ4n) is 3.83. The molecule has 0 saturated carbocycles. The molecule has 198 valence electrons. The predicted octanol–water partition coefficient (Wildman–Crippen LogP) is 8.85. The van der Waals surface area contributed by atoms with E-state index in [2.05, 4.69) is 99.4 Å². The van der Waals surface area contributed by atoms with Gasteiger partial charge in [0, 0.05) is 11.1 Å². The monoisotopic (exact) mass is 676 g/mol. The van der Waals surface area contributed by atoms with Gasteiger partial charge < -0.3 is 15.1 Å². The van der Waals surface area contributed by atoms with Crippen LogP contribution in [-0.4, -0.2) is 22.1 Å². The molecule has 0 aliphatic heterocycles. The van der Waals surface area contributed by atoms with Gasteiger partial charge >= 0.3 is 20.1 Å². The van der Waals surface area contributed by atoms with Crippen molar-refractivity contribution in [1.82, 2.24) is 9.97 Å². The summed E-state index contributed by atoms with van der Waals surface area (Å²) in [5, 5.41) is 10.2. The maximum Gasteiger partial charge on any atom is 3.00 e. The number of aromatic nitrogens is 2. The molecule has 5 nitrogen and oxygen atoms in total. The summed E-state index contributed by atoms with van der Waals surface area (Å²) in [7, 11) is 0. The molecule has 0 bridgehead atoms. The van der Waals surface area contributed by atoms with E-state index in [9.17, 15) is 0 Å². The number of fused-ring (bicyclic) bond motifs is 1. The van der Waals surface area contributed by atoms with Crippen LogP contribution < -0.4 is 0 Å². The van der Waals surface area contributed by atoms with E-state index in [1.54, 1.807) is 6.33 Å². The van der Waals surface area contributed by atoms with Gasteiger partial charge in [-0.2, -0.15) is 0 Å². The first-order valence-electron chi connectivity index (χ1n) is 12.7. The van der Waals surface area contributed by atoms with Gasteiger partial charge in [0.15, 0.2) is 0 Å². The third-order valence-corrected chi connectivity index (χ3v) is 5.88. The Morgan fingerprint density at radius 1 is 0.865 bits per heavy atom. The fourth-order valence-corrected chi connectivity index (χ4v) is 3.83. The van der Waals surface area contributed by atoms with Crippen molar-refractivity contribution in [3.8, 4) is 11.3 Å². The minimum atomic E-state index is -0.00815. The molecule has 2 aromatic heterocycles. The van der Waals surface area contributed by atoms with Crippen LogP contribution >= 0.6 is 0 Å². The Balaban J connectivity index is 0.000000268. The van der Waals surface area contributed by atoms with Crippen LogP contribution in [0.15, 0.2) is 59.3 Å². The molecule has 0 fully saturated rings. The zero-order valence-corrected chi connectivity index (χ0v) is 25.9. The second-order valence-electron chi connectivity index (χ2n) is 10.7. The normalized spacial score (nSPS) is 11.6. The topological polar surface area (TPSA) is 67.1 Å². The molecule has 0 radical (unpaired) electrons. The van der Waals surface area contributed by atoms with Gasteiger partial charge in [0.2, 0.25) is 5.71 Å². The van der Waals surface area contributed by atoms with E-state index in [-0.39, 0.29) is 31.7 Å². The van der Waals surface area contributed by atoms with Crippen molar-refractivity contribution < 1.29 is 24.5 Å². The van der Waals surface area contributed by atoms with E-state index in [0.29, 0.717) is 17.8 Å². The Morgan fingerprint density at radius 3 is 2.00 bits per heavy atom. The van der Waals surface area contributed by atoms with Crippen LogP contribution in [0.25, 0.3) is 33.0 Å². The summed E-state index contributed by atoms with van der Waals surface area (Å²) in [4.78, 5) is 8.65. The molecule has 0 atom stereocenters. The van der Waals surface area contributed by atoms with E-state index in [4.69, 9.17) is 4.42 Å². The van der Waals surface area contributed by atoms with Gasteiger partial charge in [-0.25, -0.2) is 11.1 Å². The first-order chi connectivity index (χ1) is 17.0. The summed E-state index contributed by atoms with van der Waals surface area (Å²) in [5.41, 5.74) is 6.15. The molecule has 6 heteroatoms. The average Bonchev–Trinajstić information content (AvgIpc) is 3.12. The molecule has 0 aliphatic rings. The number of furan rings is 1. The molecule has 0 aliphatic carbocycles. The molecule has 0 amide bonds. The number of benzene rings is 2. The molecule has 2 aromatic carbocycles. The smallest absolute Gasteiger partial charge is 0.672 e. The molecule has 4 rings (SSSR count). The zero-order valence-electron chi connectivity index (χ0n) is 23.5.